The van der Waals surface area contributed by atoms with E-state index in [4.69, 9.17) is 27.8 Å². The largest absolute Gasteiger partial charge is 0.457 e. The Kier molecular flexibility index (Phi) is 23.7. The molecule has 1 fully saturated rings. The highest BCUT2D eigenvalue weighted by molar-refractivity contribution is 6.74. The van der Waals surface area contributed by atoms with Crippen LogP contribution in [0.5, 0.6) is 0 Å². The summed E-state index contributed by atoms with van der Waals surface area (Å²) < 4.78 is 38.9. The van der Waals surface area contributed by atoms with Crippen LogP contribution in [0.4, 0.5) is 4.79 Å². The van der Waals surface area contributed by atoms with E-state index in [0.717, 1.165) is 54.7 Å². The van der Waals surface area contributed by atoms with Gasteiger partial charge < -0.3 is 38.0 Å². The third kappa shape index (κ3) is 16.8. The third-order valence-electron chi connectivity index (χ3n) is 13.3. The lowest BCUT2D eigenvalue weighted by Crippen LogP contribution is -2.52. The monoisotopic (exact) mass is 879 g/mol. The predicted molar refractivity (Wildman–Crippen MR) is 248 cm³/mol. The molecule has 0 aromatic heterocycles. The maximum Gasteiger partial charge on any atom is 0.410 e. The second-order valence-electron chi connectivity index (χ2n) is 17.8. The first-order valence-electron chi connectivity index (χ1n) is 23.5. The number of carbonyl (C=O) groups excluding carboxylic acids is 3. The molecule has 11 nitrogen and oxygen atoms in total. The zero-order valence-corrected chi connectivity index (χ0v) is 42.2. The van der Waals surface area contributed by atoms with Crippen LogP contribution in [0.1, 0.15) is 129 Å². The minimum absolute atomic E-state index is 0.0115. The van der Waals surface area contributed by atoms with Crippen LogP contribution < -0.4 is 5.32 Å². The molecule has 2 heterocycles. The number of piperazine rings is 1. The Balaban J connectivity index is 2.41. The number of carbonyl (C=O) groups is 3. The number of hydrogen-bond donors (Lipinski definition) is 1. The van der Waals surface area contributed by atoms with E-state index in [2.05, 4.69) is 80.6 Å². The predicted octanol–water partition coefficient (Wildman–Crippen LogP) is 10.5. The molecule has 13 heteroatoms. The summed E-state index contributed by atoms with van der Waals surface area (Å²) in [7, 11) is -3.90. The molecular weight excluding hydrogens is 793 g/mol. The van der Waals surface area contributed by atoms with Crippen LogP contribution in [-0.2, 0) is 37.4 Å². The van der Waals surface area contributed by atoms with E-state index in [1.54, 1.807) is 11.0 Å². The smallest absolute Gasteiger partial charge is 0.410 e. The molecule has 1 saturated heterocycles. The second kappa shape index (κ2) is 26.4. The first-order valence-corrected chi connectivity index (χ1v) is 28.5. The molecule has 9 atom stereocenters. The molecule has 0 bridgehead atoms. The first-order chi connectivity index (χ1) is 28.4. The quantitative estimate of drug-likeness (QED) is 0.0392. The van der Waals surface area contributed by atoms with Crippen LogP contribution in [0.2, 0.25) is 36.3 Å². The van der Waals surface area contributed by atoms with Crippen molar-refractivity contribution in [3.8, 4) is 0 Å². The highest BCUT2D eigenvalue weighted by Gasteiger charge is 2.43. The van der Waals surface area contributed by atoms with Gasteiger partial charge in [0.1, 0.15) is 6.10 Å². The fourth-order valence-electron chi connectivity index (χ4n) is 8.72. The summed E-state index contributed by atoms with van der Waals surface area (Å²) in [4.78, 5) is 41.9. The van der Waals surface area contributed by atoms with Gasteiger partial charge >= 0.3 is 18.0 Å². The Morgan fingerprint density at radius 1 is 0.950 bits per heavy atom. The fourth-order valence-corrected chi connectivity index (χ4v) is 14.6. The van der Waals surface area contributed by atoms with Crippen molar-refractivity contribution in [2.24, 2.45) is 11.8 Å². The van der Waals surface area contributed by atoms with Crippen LogP contribution in [-0.4, -0.2) is 108 Å². The zero-order chi connectivity index (χ0) is 45.1. The summed E-state index contributed by atoms with van der Waals surface area (Å²) in [5, 5.41) is 3.27. The van der Waals surface area contributed by atoms with Crippen LogP contribution in [0.3, 0.4) is 0 Å². The van der Waals surface area contributed by atoms with Gasteiger partial charge in [0.2, 0.25) is 0 Å². The van der Waals surface area contributed by atoms with Crippen molar-refractivity contribution in [2.45, 2.75) is 208 Å². The highest BCUT2D eigenvalue weighted by Crippen LogP contribution is 2.34. The summed E-state index contributed by atoms with van der Waals surface area (Å²) in [6.45, 7) is 31.5. The molecule has 2 aliphatic heterocycles. The summed E-state index contributed by atoms with van der Waals surface area (Å²) in [6.07, 6.45) is 10.3. The molecule has 2 aliphatic rings. The Hall–Kier alpha value is -2.30. The molecule has 0 saturated carbocycles. The minimum atomic E-state index is -2.16. The molecule has 0 aromatic rings. The standard InChI is InChI=1S/C47H86N2O9Si2/c1-15-42(58-60(19-5,20-6)21-7)39(12)53-38(11)33-35(8)23-22-24-36(9)45-37(10)25-26-43(54-40(13)50)47(14,56-46(52)49-31-29-48-30-32-49)28-27-41(34-44(51)55-45)57-59(16-2,17-3)18-4/h22-26,35,37-39,41-43,45,48H,15-21,27-34H2,1-14H3/b23-22+,26-25+,36-24+/t35-,37+,38+,39-,41-,42+,43+,45-,47-/m1/s1. The number of hydrogen-bond acceptors (Lipinski definition) is 10. The lowest BCUT2D eigenvalue weighted by molar-refractivity contribution is -0.158. The normalized spacial score (nSPS) is 26.6. The molecule has 0 aliphatic carbocycles. The molecule has 346 valence electrons. The summed E-state index contributed by atoms with van der Waals surface area (Å²) in [5.41, 5.74) is -0.343. The van der Waals surface area contributed by atoms with Gasteiger partial charge in [-0.15, -0.1) is 0 Å². The van der Waals surface area contributed by atoms with Crippen molar-refractivity contribution in [3.63, 3.8) is 0 Å². The van der Waals surface area contributed by atoms with Crippen LogP contribution in [0.25, 0.3) is 0 Å². The molecule has 2 rings (SSSR count). The molecule has 60 heavy (non-hydrogen) atoms. The third-order valence-corrected chi connectivity index (χ3v) is 22.6. The molecule has 0 radical (unpaired) electrons. The number of nitrogens with zero attached hydrogens (tertiary/aromatic N) is 1. The number of esters is 2. The number of allylic oxidation sites excluding steroid dienone is 3. The van der Waals surface area contributed by atoms with Gasteiger partial charge in [0.25, 0.3) is 0 Å². The van der Waals surface area contributed by atoms with Crippen molar-refractivity contribution in [3.05, 3.63) is 36.0 Å². The van der Waals surface area contributed by atoms with Crippen molar-refractivity contribution >= 4 is 34.7 Å². The van der Waals surface area contributed by atoms with Gasteiger partial charge in [-0.1, -0.05) is 86.6 Å². The van der Waals surface area contributed by atoms with Crippen LogP contribution in [0.15, 0.2) is 36.0 Å². The number of cyclic esters (lactones) is 1. The molecule has 1 amide bonds. The number of ether oxygens (including phenoxy) is 4. The summed E-state index contributed by atoms with van der Waals surface area (Å²) in [5.74, 6) is -0.859. The van der Waals surface area contributed by atoms with Crippen molar-refractivity contribution in [1.82, 2.24) is 10.2 Å². The SMILES string of the molecule is CC[C@H](O[Si](CC)(CC)CC)[C@@H](C)O[C@@H](C)C[C@H](C)/C=C/C=C(\C)[C@H]1OC(=O)C[C@H](O[Si](CC)(CC)CC)CC[C@@](C)(OC(=O)N2CCNCC2)[C@@H](OC(C)=O)/C=C/[C@@H]1C. The van der Waals surface area contributed by atoms with E-state index in [9.17, 15) is 14.4 Å². The van der Waals surface area contributed by atoms with Crippen LogP contribution in [0, 0.1) is 11.8 Å². The van der Waals surface area contributed by atoms with E-state index in [1.807, 2.05) is 39.0 Å². The Bertz CT molecular complexity index is 1380. The van der Waals surface area contributed by atoms with E-state index in [-0.39, 0.29) is 42.5 Å². The zero-order valence-electron chi connectivity index (χ0n) is 40.2. The average molecular weight is 879 g/mol. The first kappa shape index (κ1) is 53.8. The summed E-state index contributed by atoms with van der Waals surface area (Å²) >= 11 is 0. The van der Waals surface area contributed by atoms with Gasteiger partial charge in [0.15, 0.2) is 28.3 Å². The summed E-state index contributed by atoms with van der Waals surface area (Å²) in [6, 6.07) is 6.13. The second-order valence-corrected chi connectivity index (χ2v) is 27.2. The van der Waals surface area contributed by atoms with Gasteiger partial charge in [0, 0.05) is 39.0 Å². The Morgan fingerprint density at radius 3 is 2.10 bits per heavy atom. The topological polar surface area (TPSA) is 122 Å². The van der Waals surface area contributed by atoms with E-state index >= 15 is 0 Å². The minimum Gasteiger partial charge on any atom is -0.457 e. The van der Waals surface area contributed by atoms with Crippen molar-refractivity contribution < 1.29 is 42.2 Å². The van der Waals surface area contributed by atoms with Crippen molar-refractivity contribution in [2.75, 3.05) is 26.2 Å². The van der Waals surface area contributed by atoms with Gasteiger partial charge in [-0.2, -0.15) is 0 Å². The molecule has 1 N–H and O–H groups in total. The van der Waals surface area contributed by atoms with Gasteiger partial charge in [0.05, 0.1) is 30.8 Å². The van der Waals surface area contributed by atoms with Crippen LogP contribution >= 0.6 is 0 Å². The van der Waals surface area contributed by atoms with E-state index in [1.165, 1.54) is 6.92 Å². The van der Waals surface area contributed by atoms with Gasteiger partial charge in [-0.25, -0.2) is 4.79 Å². The van der Waals surface area contributed by atoms with E-state index < -0.39 is 52.6 Å². The fraction of sp³-hybridized carbons (Fsp3) is 0.809. The number of nitrogens with one attached hydrogen (secondary N) is 1. The molecule has 0 spiro atoms. The Morgan fingerprint density at radius 2 is 1.55 bits per heavy atom. The average Bonchev–Trinajstić information content (AvgIpc) is 3.22. The Labute approximate surface area is 367 Å². The number of rotatable bonds is 21. The lowest BCUT2D eigenvalue weighted by atomic mass is 9.88. The molecular formula is C47H86N2O9Si2. The lowest BCUT2D eigenvalue weighted by Gasteiger charge is -2.40. The maximum atomic E-state index is 13.9. The number of amides is 1. The van der Waals surface area contributed by atoms with Gasteiger partial charge in [-0.3, -0.25) is 9.59 Å². The van der Waals surface area contributed by atoms with Gasteiger partial charge in [-0.05, 0) is 107 Å². The highest BCUT2D eigenvalue weighted by atomic mass is 28.4. The maximum absolute atomic E-state index is 13.9. The molecule has 0 aromatic carbocycles. The van der Waals surface area contributed by atoms with Crippen molar-refractivity contribution in [1.29, 1.82) is 0 Å². The van der Waals surface area contributed by atoms with E-state index in [0.29, 0.717) is 39.0 Å². The molecule has 0 unspecified atom stereocenters.